The summed E-state index contributed by atoms with van der Waals surface area (Å²) in [7, 11) is 0. The van der Waals surface area contributed by atoms with Crippen LogP contribution in [0, 0.1) is 5.92 Å². The van der Waals surface area contributed by atoms with Gasteiger partial charge in [-0.05, 0) is 17.9 Å². The highest BCUT2D eigenvalue weighted by Gasteiger charge is 2.18. The van der Waals surface area contributed by atoms with E-state index in [0.717, 1.165) is 36.3 Å². The minimum atomic E-state index is 0.140. The van der Waals surface area contributed by atoms with Crippen molar-refractivity contribution in [1.82, 2.24) is 9.55 Å². The Hall–Kier alpha value is -1.90. The fourth-order valence-corrected chi connectivity index (χ4v) is 2.66. The summed E-state index contributed by atoms with van der Waals surface area (Å²) >= 11 is 0. The normalized spacial score (nSPS) is 18.1. The molecule has 1 aromatic heterocycles. The zero-order valence-corrected chi connectivity index (χ0v) is 11.2. The van der Waals surface area contributed by atoms with E-state index in [9.17, 15) is 4.79 Å². The summed E-state index contributed by atoms with van der Waals surface area (Å²) in [6.45, 7) is 3.03. The second-order valence-electron chi connectivity index (χ2n) is 5.42. The van der Waals surface area contributed by atoms with E-state index in [2.05, 4.69) is 11.9 Å². The second-order valence-corrected chi connectivity index (χ2v) is 5.42. The zero-order chi connectivity index (χ0) is 13.2. The molecule has 0 amide bonds. The predicted molar refractivity (Wildman–Crippen MR) is 75.2 cm³/mol. The molecule has 19 heavy (non-hydrogen) atoms. The Bertz CT molecular complexity index is 631. The Kier molecular flexibility index (Phi) is 3.20. The van der Waals surface area contributed by atoms with Crippen LogP contribution in [0.5, 0.6) is 0 Å². The average Bonchev–Trinajstić information content (AvgIpc) is 2.43. The largest absolute Gasteiger partial charge is 0.296 e. The predicted octanol–water partition coefficient (Wildman–Crippen LogP) is 2.42. The van der Waals surface area contributed by atoms with Crippen LogP contribution in [0.15, 0.2) is 41.3 Å². The SMILES string of the molecule is CC1CCn2c(ncc(Cc3ccccc3)c2=O)C1. The molecule has 1 aliphatic rings. The number of hydrogen-bond acceptors (Lipinski definition) is 2. The molecular weight excluding hydrogens is 236 g/mol. The highest BCUT2D eigenvalue weighted by atomic mass is 16.1. The summed E-state index contributed by atoms with van der Waals surface area (Å²) in [5, 5.41) is 0. The number of rotatable bonds is 2. The van der Waals surface area contributed by atoms with Gasteiger partial charge in [0.05, 0.1) is 0 Å². The maximum Gasteiger partial charge on any atom is 0.257 e. The van der Waals surface area contributed by atoms with Gasteiger partial charge in [-0.25, -0.2) is 4.98 Å². The van der Waals surface area contributed by atoms with Crippen LogP contribution < -0.4 is 5.56 Å². The molecule has 0 bridgehead atoms. The van der Waals surface area contributed by atoms with Crippen LogP contribution >= 0.6 is 0 Å². The molecule has 98 valence electrons. The van der Waals surface area contributed by atoms with Crippen LogP contribution in [-0.2, 0) is 19.4 Å². The Morgan fingerprint density at radius 3 is 2.89 bits per heavy atom. The first-order chi connectivity index (χ1) is 9.24. The molecule has 0 N–H and O–H groups in total. The van der Waals surface area contributed by atoms with Gasteiger partial charge in [-0.15, -0.1) is 0 Å². The molecule has 1 unspecified atom stereocenters. The minimum absolute atomic E-state index is 0.140. The van der Waals surface area contributed by atoms with Gasteiger partial charge in [-0.1, -0.05) is 37.3 Å². The number of aromatic nitrogens is 2. The van der Waals surface area contributed by atoms with Crippen LogP contribution in [0.3, 0.4) is 0 Å². The van der Waals surface area contributed by atoms with Crippen molar-refractivity contribution < 1.29 is 0 Å². The highest BCUT2D eigenvalue weighted by Crippen LogP contribution is 2.16. The summed E-state index contributed by atoms with van der Waals surface area (Å²) in [4.78, 5) is 16.9. The third-order valence-corrected chi connectivity index (χ3v) is 3.81. The lowest BCUT2D eigenvalue weighted by molar-refractivity contribution is 0.393. The number of nitrogens with zero attached hydrogens (tertiary/aromatic N) is 2. The van der Waals surface area contributed by atoms with Crippen LogP contribution in [-0.4, -0.2) is 9.55 Å². The standard InChI is InChI=1S/C16H18N2O/c1-12-7-8-18-15(9-12)17-11-14(16(18)19)10-13-5-3-2-4-6-13/h2-6,11-12H,7-10H2,1H3. The van der Waals surface area contributed by atoms with E-state index in [1.54, 1.807) is 6.20 Å². The quantitative estimate of drug-likeness (QED) is 0.825. The van der Waals surface area contributed by atoms with Gasteiger partial charge >= 0.3 is 0 Å². The van der Waals surface area contributed by atoms with E-state index < -0.39 is 0 Å². The van der Waals surface area contributed by atoms with Gasteiger partial charge in [0, 0.05) is 31.1 Å². The lowest BCUT2D eigenvalue weighted by Crippen LogP contribution is -2.32. The van der Waals surface area contributed by atoms with Gasteiger partial charge in [0.25, 0.3) is 5.56 Å². The molecule has 2 heterocycles. The van der Waals surface area contributed by atoms with E-state index in [0.29, 0.717) is 12.3 Å². The maximum absolute atomic E-state index is 12.4. The first kappa shape index (κ1) is 12.2. The molecule has 0 fully saturated rings. The topological polar surface area (TPSA) is 34.9 Å². The van der Waals surface area contributed by atoms with Gasteiger partial charge in [0.15, 0.2) is 0 Å². The summed E-state index contributed by atoms with van der Waals surface area (Å²) in [6.07, 6.45) is 4.42. The first-order valence-electron chi connectivity index (χ1n) is 6.85. The fraction of sp³-hybridized carbons (Fsp3) is 0.375. The highest BCUT2D eigenvalue weighted by molar-refractivity contribution is 5.23. The Morgan fingerprint density at radius 2 is 2.11 bits per heavy atom. The number of benzene rings is 1. The molecule has 3 rings (SSSR count). The van der Waals surface area contributed by atoms with Gasteiger partial charge < -0.3 is 0 Å². The molecule has 0 radical (unpaired) electrons. The molecule has 0 spiro atoms. The first-order valence-corrected chi connectivity index (χ1v) is 6.85. The number of hydrogen-bond donors (Lipinski definition) is 0. The van der Waals surface area contributed by atoms with Crippen LogP contribution in [0.2, 0.25) is 0 Å². The van der Waals surface area contributed by atoms with Crippen molar-refractivity contribution in [1.29, 1.82) is 0 Å². The smallest absolute Gasteiger partial charge is 0.257 e. The maximum atomic E-state index is 12.4. The van der Waals surface area contributed by atoms with Crippen molar-refractivity contribution in [2.24, 2.45) is 5.92 Å². The Balaban J connectivity index is 1.94. The minimum Gasteiger partial charge on any atom is -0.296 e. The zero-order valence-electron chi connectivity index (χ0n) is 11.2. The van der Waals surface area contributed by atoms with E-state index in [1.807, 2.05) is 34.9 Å². The van der Waals surface area contributed by atoms with E-state index >= 15 is 0 Å². The third-order valence-electron chi connectivity index (χ3n) is 3.81. The molecule has 3 heteroatoms. The molecule has 3 nitrogen and oxygen atoms in total. The van der Waals surface area contributed by atoms with Crippen LogP contribution in [0.25, 0.3) is 0 Å². The van der Waals surface area contributed by atoms with Crippen molar-refractivity contribution in [2.45, 2.75) is 32.7 Å². The van der Waals surface area contributed by atoms with E-state index in [1.165, 1.54) is 0 Å². The Morgan fingerprint density at radius 1 is 1.32 bits per heavy atom. The van der Waals surface area contributed by atoms with Crippen LogP contribution in [0.4, 0.5) is 0 Å². The van der Waals surface area contributed by atoms with E-state index in [4.69, 9.17) is 0 Å². The summed E-state index contributed by atoms with van der Waals surface area (Å²) in [5.74, 6) is 1.58. The van der Waals surface area contributed by atoms with Gasteiger partial charge in [0.2, 0.25) is 0 Å². The van der Waals surface area contributed by atoms with Gasteiger partial charge in [-0.3, -0.25) is 9.36 Å². The van der Waals surface area contributed by atoms with Gasteiger partial charge in [-0.2, -0.15) is 0 Å². The molecule has 0 aliphatic carbocycles. The van der Waals surface area contributed by atoms with Crippen molar-refractivity contribution in [3.05, 3.63) is 63.8 Å². The van der Waals surface area contributed by atoms with Crippen molar-refractivity contribution in [3.8, 4) is 0 Å². The van der Waals surface area contributed by atoms with Crippen molar-refractivity contribution >= 4 is 0 Å². The lowest BCUT2D eigenvalue weighted by Gasteiger charge is -2.22. The summed E-state index contributed by atoms with van der Waals surface area (Å²) < 4.78 is 1.86. The van der Waals surface area contributed by atoms with Crippen molar-refractivity contribution in [2.75, 3.05) is 0 Å². The molecule has 0 saturated heterocycles. The average molecular weight is 254 g/mol. The summed E-state index contributed by atoms with van der Waals surface area (Å²) in [6, 6.07) is 10.1. The van der Waals surface area contributed by atoms with Gasteiger partial charge in [0.1, 0.15) is 5.82 Å². The molecular formula is C16H18N2O. The molecule has 1 aliphatic heterocycles. The summed E-state index contributed by atoms with van der Waals surface area (Å²) in [5.41, 5.74) is 2.09. The Labute approximate surface area is 112 Å². The molecule has 0 saturated carbocycles. The number of fused-ring (bicyclic) bond motifs is 1. The molecule has 2 aromatic rings. The second kappa shape index (κ2) is 5.00. The lowest BCUT2D eigenvalue weighted by atomic mass is 9.99. The fourth-order valence-electron chi connectivity index (χ4n) is 2.66. The van der Waals surface area contributed by atoms with E-state index in [-0.39, 0.29) is 5.56 Å². The molecule has 1 atom stereocenters. The van der Waals surface area contributed by atoms with Crippen LogP contribution in [0.1, 0.15) is 30.3 Å². The monoisotopic (exact) mass is 254 g/mol. The molecule has 1 aromatic carbocycles. The van der Waals surface area contributed by atoms with Crippen molar-refractivity contribution in [3.63, 3.8) is 0 Å². The third kappa shape index (κ3) is 2.46.